The van der Waals surface area contributed by atoms with Gasteiger partial charge in [0.15, 0.2) is 0 Å². The summed E-state index contributed by atoms with van der Waals surface area (Å²) >= 11 is 30.7. The average Bonchev–Trinajstić information content (AvgIpc) is 3.43. The minimum Gasteiger partial charge on any atom is -0.495 e. The van der Waals surface area contributed by atoms with E-state index in [9.17, 15) is 19.2 Å². The first-order valence-corrected chi connectivity index (χ1v) is 13.5. The quantitative estimate of drug-likeness (QED) is 0.0976. The first-order chi connectivity index (χ1) is 18.9. The molecule has 1 fully saturated rings. The molecule has 2 aliphatic heterocycles. The molecule has 0 saturated carbocycles. The number of benzene rings is 3. The predicted octanol–water partition coefficient (Wildman–Crippen LogP) is 7.03. The second kappa shape index (κ2) is 10.8. The third-order valence-electron chi connectivity index (χ3n) is 6.62. The lowest BCUT2D eigenvalue weighted by atomic mass is 10.1. The lowest BCUT2D eigenvalue weighted by Gasteiger charge is -2.20. The summed E-state index contributed by atoms with van der Waals surface area (Å²) in [5.41, 5.74) is 0.831. The molecule has 2 aliphatic rings. The van der Waals surface area contributed by atoms with Crippen LogP contribution in [0.25, 0.3) is 0 Å². The summed E-state index contributed by atoms with van der Waals surface area (Å²) in [7, 11) is 1.47. The number of imide groups is 1. The molecule has 8 nitrogen and oxygen atoms in total. The topological polar surface area (TPSA) is 93.2 Å². The number of carbonyl (C=O) groups excluding carboxylic acids is 4. The zero-order chi connectivity index (χ0) is 29.0. The summed E-state index contributed by atoms with van der Waals surface area (Å²) in [6, 6.07) is 9.25. The molecule has 0 spiro atoms. The number of hydrogen-bond donors (Lipinski definition) is 0. The van der Waals surface area contributed by atoms with Gasteiger partial charge in [-0.1, -0.05) is 58.0 Å². The Morgan fingerprint density at radius 3 is 2.05 bits per heavy atom. The van der Waals surface area contributed by atoms with Gasteiger partial charge in [0.25, 0.3) is 11.8 Å². The maximum Gasteiger partial charge on any atom is 0.316 e. The summed E-state index contributed by atoms with van der Waals surface area (Å²) in [6.07, 6.45) is -0.0623. The first kappa shape index (κ1) is 28.5. The molecule has 13 heteroatoms. The Kier molecular flexibility index (Phi) is 7.67. The van der Waals surface area contributed by atoms with Gasteiger partial charge in [0.2, 0.25) is 5.91 Å². The summed E-state index contributed by atoms with van der Waals surface area (Å²) in [5, 5.41) is -0.200. The third-order valence-corrected chi connectivity index (χ3v) is 8.66. The highest BCUT2D eigenvalue weighted by Gasteiger charge is 2.43. The van der Waals surface area contributed by atoms with Crippen LogP contribution < -0.4 is 19.3 Å². The number of halogens is 5. The Hall–Kier alpha value is -3.01. The molecule has 0 aromatic heterocycles. The Bertz CT molecular complexity index is 1600. The summed E-state index contributed by atoms with van der Waals surface area (Å²) < 4.78 is 10.9. The average molecular weight is 643 g/mol. The van der Waals surface area contributed by atoms with Crippen molar-refractivity contribution < 1.29 is 28.7 Å². The SMILES string of the molecule is COc1ccc(Cl)cc1N1C[C@@H](C(=O)Oc2ccc(N3C(=O)c4c(Cl)c(Cl)c(Cl)c(Cl)c4C3=O)c(C)c2)CC1=O. The molecule has 0 unspecified atom stereocenters. The fraction of sp³-hybridized carbons (Fsp3) is 0.185. The van der Waals surface area contributed by atoms with E-state index < -0.39 is 23.7 Å². The van der Waals surface area contributed by atoms with Crippen molar-refractivity contribution in [3.8, 4) is 11.5 Å². The zero-order valence-corrected chi connectivity index (χ0v) is 24.5. The minimum absolute atomic E-state index is 0.0623. The second-order valence-corrected chi connectivity index (χ2v) is 11.0. The molecule has 5 rings (SSSR count). The number of amides is 3. The molecule has 3 aromatic carbocycles. The molecule has 1 saturated heterocycles. The summed E-state index contributed by atoms with van der Waals surface area (Å²) in [5.74, 6) is -2.48. The molecule has 0 aliphatic carbocycles. The van der Waals surface area contributed by atoms with Crippen LogP contribution in [0.2, 0.25) is 25.1 Å². The van der Waals surface area contributed by atoms with E-state index >= 15 is 0 Å². The molecule has 1 atom stereocenters. The monoisotopic (exact) mass is 640 g/mol. The van der Waals surface area contributed by atoms with Gasteiger partial charge in [0.1, 0.15) is 11.5 Å². The van der Waals surface area contributed by atoms with Crippen LogP contribution >= 0.6 is 58.0 Å². The van der Waals surface area contributed by atoms with Gasteiger partial charge in [0, 0.05) is 18.0 Å². The van der Waals surface area contributed by atoms with Crippen molar-refractivity contribution >= 4 is 93.1 Å². The van der Waals surface area contributed by atoms with E-state index in [-0.39, 0.29) is 61.5 Å². The van der Waals surface area contributed by atoms with Gasteiger partial charge in [-0.2, -0.15) is 0 Å². The van der Waals surface area contributed by atoms with Crippen LogP contribution in [0.1, 0.15) is 32.7 Å². The van der Waals surface area contributed by atoms with Gasteiger partial charge in [-0.05, 0) is 48.9 Å². The Labute approximate surface area is 253 Å². The number of rotatable bonds is 5. The molecule has 2 heterocycles. The van der Waals surface area contributed by atoms with Gasteiger partial charge < -0.3 is 14.4 Å². The van der Waals surface area contributed by atoms with E-state index in [2.05, 4.69) is 0 Å². The molecule has 0 N–H and O–H groups in total. The number of aryl methyl sites for hydroxylation is 1. The van der Waals surface area contributed by atoms with Gasteiger partial charge in [-0.15, -0.1) is 0 Å². The van der Waals surface area contributed by atoms with Crippen molar-refractivity contribution in [2.24, 2.45) is 5.92 Å². The number of nitrogens with zero attached hydrogens (tertiary/aromatic N) is 2. The zero-order valence-electron chi connectivity index (χ0n) is 20.7. The molecule has 206 valence electrons. The van der Waals surface area contributed by atoms with E-state index in [4.69, 9.17) is 67.5 Å². The highest BCUT2D eigenvalue weighted by Crippen LogP contribution is 2.46. The summed E-state index contributed by atoms with van der Waals surface area (Å²) in [6.45, 7) is 1.71. The third kappa shape index (κ3) is 4.67. The molecule has 0 bridgehead atoms. The lowest BCUT2D eigenvalue weighted by molar-refractivity contribution is -0.139. The molecule has 3 aromatic rings. The van der Waals surface area contributed by atoms with Gasteiger partial charge in [0.05, 0.1) is 55.6 Å². The normalized spacial score (nSPS) is 16.6. The van der Waals surface area contributed by atoms with E-state index in [0.29, 0.717) is 22.0 Å². The van der Waals surface area contributed by atoms with Crippen molar-refractivity contribution in [1.82, 2.24) is 0 Å². The van der Waals surface area contributed by atoms with E-state index in [1.54, 1.807) is 25.1 Å². The summed E-state index contributed by atoms with van der Waals surface area (Å²) in [4.78, 5) is 54.4. The number of hydrogen-bond acceptors (Lipinski definition) is 6. The number of carbonyl (C=O) groups is 4. The van der Waals surface area contributed by atoms with Crippen LogP contribution in [0.5, 0.6) is 11.5 Å². The number of esters is 1. The fourth-order valence-electron chi connectivity index (χ4n) is 4.68. The number of methoxy groups -OCH3 is 1. The van der Waals surface area contributed by atoms with Crippen LogP contribution in [0, 0.1) is 12.8 Å². The van der Waals surface area contributed by atoms with Gasteiger partial charge in [-0.3, -0.25) is 19.2 Å². The van der Waals surface area contributed by atoms with Crippen molar-refractivity contribution in [1.29, 1.82) is 0 Å². The Morgan fingerprint density at radius 1 is 0.850 bits per heavy atom. The Balaban J connectivity index is 1.35. The van der Waals surface area contributed by atoms with Crippen LogP contribution in [0.3, 0.4) is 0 Å². The fourth-order valence-corrected chi connectivity index (χ4v) is 5.86. The maximum absolute atomic E-state index is 13.2. The van der Waals surface area contributed by atoms with Crippen LogP contribution in [-0.2, 0) is 9.59 Å². The molecular formula is C27H17Cl5N2O6. The first-order valence-electron chi connectivity index (χ1n) is 11.7. The van der Waals surface area contributed by atoms with Gasteiger partial charge >= 0.3 is 5.97 Å². The molecule has 0 radical (unpaired) electrons. The second-order valence-electron chi connectivity index (χ2n) is 9.04. The number of ether oxygens (including phenoxy) is 2. The van der Waals surface area contributed by atoms with Crippen LogP contribution in [0.15, 0.2) is 36.4 Å². The lowest BCUT2D eigenvalue weighted by Crippen LogP contribution is -2.30. The number of fused-ring (bicyclic) bond motifs is 1. The Morgan fingerprint density at radius 2 is 1.48 bits per heavy atom. The van der Waals surface area contributed by atoms with E-state index in [1.165, 1.54) is 30.2 Å². The van der Waals surface area contributed by atoms with Crippen LogP contribution in [-0.4, -0.2) is 37.3 Å². The standard InChI is InChI=1S/C27H17Cl5N2O6/c1-11-7-14(40-27(38)12-8-18(35)33(10-12)16-9-13(28)3-6-17(16)39-2)4-5-15(11)34-25(36)19-20(26(34)37)22(30)24(32)23(31)21(19)29/h3-7,9,12H,8,10H2,1-2H3/t12-/m0/s1. The predicted molar refractivity (Wildman–Crippen MR) is 153 cm³/mol. The minimum atomic E-state index is -0.744. The maximum atomic E-state index is 13.2. The highest BCUT2D eigenvalue weighted by molar-refractivity contribution is 6.56. The van der Waals surface area contributed by atoms with Crippen molar-refractivity contribution in [2.75, 3.05) is 23.5 Å². The van der Waals surface area contributed by atoms with E-state index in [1.807, 2.05) is 0 Å². The van der Waals surface area contributed by atoms with Crippen molar-refractivity contribution in [3.05, 3.63) is 78.2 Å². The molecule has 3 amide bonds. The largest absolute Gasteiger partial charge is 0.495 e. The molecule has 40 heavy (non-hydrogen) atoms. The smallest absolute Gasteiger partial charge is 0.316 e. The molecular weight excluding hydrogens is 626 g/mol. The van der Waals surface area contributed by atoms with Crippen molar-refractivity contribution in [3.63, 3.8) is 0 Å². The van der Waals surface area contributed by atoms with Crippen molar-refractivity contribution in [2.45, 2.75) is 13.3 Å². The van der Waals surface area contributed by atoms with Gasteiger partial charge in [-0.25, -0.2) is 4.90 Å². The number of anilines is 2. The van der Waals surface area contributed by atoms with E-state index in [0.717, 1.165) is 4.90 Å². The van der Waals surface area contributed by atoms with Crippen LogP contribution in [0.4, 0.5) is 11.4 Å². The highest BCUT2D eigenvalue weighted by atomic mass is 35.5.